The zero-order valence-corrected chi connectivity index (χ0v) is 16.8. The lowest BCUT2D eigenvalue weighted by Gasteiger charge is -2.20. The van der Waals surface area contributed by atoms with Gasteiger partial charge in [0.15, 0.2) is 17.6 Å². The number of nitrogens with one attached hydrogen (secondary N) is 1. The molecule has 8 heteroatoms. The third-order valence-electron chi connectivity index (χ3n) is 3.85. The van der Waals surface area contributed by atoms with Crippen LogP contribution in [0.15, 0.2) is 47.6 Å². The number of nitrogens with zero attached hydrogens (tertiary/aromatic N) is 2. The quantitative estimate of drug-likeness (QED) is 0.545. The Kier molecular flexibility index (Phi) is 7.70. The highest BCUT2D eigenvalue weighted by atomic mass is 19.1. The molecule has 0 fully saturated rings. The van der Waals surface area contributed by atoms with E-state index in [1.54, 1.807) is 39.2 Å². The molecule has 0 aliphatic carbocycles. The van der Waals surface area contributed by atoms with Crippen LogP contribution >= 0.6 is 0 Å². The molecular weight excluding hydrogens is 377 g/mol. The summed E-state index contributed by atoms with van der Waals surface area (Å²) in [7, 11) is 3.32. The average molecular weight is 401 g/mol. The number of rotatable bonds is 8. The van der Waals surface area contributed by atoms with Crippen LogP contribution in [0.1, 0.15) is 29.8 Å². The minimum absolute atomic E-state index is 0.165. The third kappa shape index (κ3) is 6.31. The highest BCUT2D eigenvalue weighted by Crippen LogP contribution is 2.29. The van der Waals surface area contributed by atoms with E-state index >= 15 is 0 Å². The predicted molar refractivity (Wildman–Crippen MR) is 108 cm³/mol. The van der Waals surface area contributed by atoms with Gasteiger partial charge in [-0.2, -0.15) is 5.10 Å². The molecule has 0 unspecified atom stereocenters. The average Bonchev–Trinajstić information content (AvgIpc) is 2.69. The Balaban J connectivity index is 2.08. The van der Waals surface area contributed by atoms with Gasteiger partial charge in [0.25, 0.3) is 11.8 Å². The highest BCUT2D eigenvalue weighted by Gasteiger charge is 2.18. The Morgan fingerprint density at radius 1 is 1.17 bits per heavy atom. The molecule has 2 aromatic rings. The fourth-order valence-electron chi connectivity index (χ4n) is 2.41. The molecule has 0 heterocycles. The van der Waals surface area contributed by atoms with Crippen molar-refractivity contribution in [1.82, 2.24) is 10.3 Å². The highest BCUT2D eigenvalue weighted by molar-refractivity contribution is 5.94. The van der Waals surface area contributed by atoms with Crippen LogP contribution in [0.25, 0.3) is 0 Å². The zero-order chi connectivity index (χ0) is 21.4. The molecule has 0 saturated heterocycles. The van der Waals surface area contributed by atoms with Crippen molar-refractivity contribution in [2.75, 3.05) is 20.7 Å². The zero-order valence-electron chi connectivity index (χ0n) is 16.8. The number of hydrogen-bond acceptors (Lipinski definition) is 5. The minimum Gasteiger partial charge on any atom is -0.490 e. The van der Waals surface area contributed by atoms with Gasteiger partial charge in [-0.05, 0) is 61.9 Å². The smallest absolute Gasteiger partial charge is 0.271 e. The van der Waals surface area contributed by atoms with Gasteiger partial charge in [0.1, 0.15) is 5.82 Å². The number of benzene rings is 2. The number of halogens is 1. The van der Waals surface area contributed by atoms with Crippen molar-refractivity contribution in [3.05, 3.63) is 59.4 Å². The lowest BCUT2D eigenvalue weighted by atomic mass is 10.2. The van der Waals surface area contributed by atoms with E-state index in [9.17, 15) is 14.0 Å². The molecule has 1 N–H and O–H groups in total. The summed E-state index contributed by atoms with van der Waals surface area (Å²) < 4.78 is 24.2. The van der Waals surface area contributed by atoms with Gasteiger partial charge in [-0.3, -0.25) is 9.59 Å². The van der Waals surface area contributed by atoms with Gasteiger partial charge in [0.2, 0.25) is 0 Å². The Morgan fingerprint density at radius 2 is 1.86 bits per heavy atom. The normalized spacial score (nSPS) is 11.8. The summed E-state index contributed by atoms with van der Waals surface area (Å²) in [5.41, 5.74) is 3.33. The summed E-state index contributed by atoms with van der Waals surface area (Å²) in [5.74, 6) is -0.150. The first-order valence-electron chi connectivity index (χ1n) is 9.05. The SMILES string of the molecule is CCOc1cc(/C=N\NC(=O)c2ccc(F)cc2)ccc1O[C@@H](C)C(=O)N(C)C. The van der Waals surface area contributed by atoms with Crippen molar-refractivity contribution in [2.45, 2.75) is 20.0 Å². The number of hydrogen-bond donors (Lipinski definition) is 1. The van der Waals surface area contributed by atoms with E-state index in [2.05, 4.69) is 10.5 Å². The molecular formula is C21H24FN3O4. The molecule has 154 valence electrons. The van der Waals surface area contributed by atoms with Gasteiger partial charge in [-0.1, -0.05) is 0 Å². The van der Waals surface area contributed by atoms with E-state index in [4.69, 9.17) is 9.47 Å². The Hall–Kier alpha value is -3.42. The minimum atomic E-state index is -0.668. The fourth-order valence-corrected chi connectivity index (χ4v) is 2.41. The monoisotopic (exact) mass is 401 g/mol. The van der Waals surface area contributed by atoms with Crippen molar-refractivity contribution in [3.63, 3.8) is 0 Å². The van der Waals surface area contributed by atoms with Crippen molar-refractivity contribution < 1.29 is 23.5 Å². The number of amides is 2. The van der Waals surface area contributed by atoms with Gasteiger partial charge in [-0.15, -0.1) is 0 Å². The lowest BCUT2D eigenvalue weighted by molar-refractivity contribution is -0.135. The fraction of sp³-hybridized carbons (Fsp3) is 0.286. The van der Waals surface area contributed by atoms with Gasteiger partial charge < -0.3 is 14.4 Å². The van der Waals surface area contributed by atoms with Crippen molar-refractivity contribution in [3.8, 4) is 11.5 Å². The first kappa shape index (κ1) is 21.9. The van der Waals surface area contributed by atoms with Crippen LogP contribution in [0.4, 0.5) is 4.39 Å². The summed E-state index contributed by atoms with van der Waals surface area (Å²) in [5, 5.41) is 3.91. The molecule has 7 nitrogen and oxygen atoms in total. The first-order valence-corrected chi connectivity index (χ1v) is 9.05. The molecule has 2 amide bonds. The standard InChI is InChI=1S/C21H24FN3O4/c1-5-28-19-12-15(6-11-18(19)29-14(2)21(27)25(3)4)13-23-24-20(26)16-7-9-17(22)10-8-16/h6-14H,5H2,1-4H3,(H,24,26)/b23-13-/t14-/m0/s1. The number of hydrazone groups is 1. The summed E-state index contributed by atoms with van der Waals surface area (Å²) in [6.07, 6.45) is 0.779. The Bertz CT molecular complexity index is 882. The van der Waals surface area contributed by atoms with Crippen molar-refractivity contribution in [1.29, 1.82) is 0 Å². The lowest BCUT2D eigenvalue weighted by Crippen LogP contribution is -2.35. The van der Waals surface area contributed by atoms with Gasteiger partial charge in [0, 0.05) is 19.7 Å². The summed E-state index contributed by atoms with van der Waals surface area (Å²) >= 11 is 0. The second-order valence-electron chi connectivity index (χ2n) is 6.34. The van der Waals surface area contributed by atoms with Crippen LogP contribution in [0.5, 0.6) is 11.5 Å². The molecule has 1 atom stereocenters. The maximum absolute atomic E-state index is 12.9. The van der Waals surface area contributed by atoms with E-state index in [0.717, 1.165) is 0 Å². The largest absolute Gasteiger partial charge is 0.490 e. The number of ether oxygens (including phenoxy) is 2. The second-order valence-corrected chi connectivity index (χ2v) is 6.34. The summed E-state index contributed by atoms with van der Waals surface area (Å²) in [6.45, 7) is 3.91. The van der Waals surface area contributed by atoms with Gasteiger partial charge >= 0.3 is 0 Å². The maximum Gasteiger partial charge on any atom is 0.271 e. The third-order valence-corrected chi connectivity index (χ3v) is 3.85. The maximum atomic E-state index is 12.9. The van der Waals surface area contributed by atoms with Crippen LogP contribution in [0, 0.1) is 5.82 Å². The predicted octanol–water partition coefficient (Wildman–Crippen LogP) is 2.84. The molecule has 0 bridgehead atoms. The molecule has 0 saturated carbocycles. The van der Waals surface area contributed by atoms with Gasteiger partial charge in [0.05, 0.1) is 12.8 Å². The first-order chi connectivity index (χ1) is 13.8. The Morgan fingerprint density at radius 3 is 2.48 bits per heavy atom. The summed E-state index contributed by atoms with van der Waals surface area (Å²) in [4.78, 5) is 25.4. The summed E-state index contributed by atoms with van der Waals surface area (Å²) in [6, 6.07) is 10.2. The number of carbonyl (C=O) groups is 2. The topological polar surface area (TPSA) is 80.2 Å². The number of carbonyl (C=O) groups excluding carboxylic acids is 2. The van der Waals surface area contributed by atoms with Crippen LogP contribution in [-0.2, 0) is 4.79 Å². The second kappa shape index (κ2) is 10.2. The van der Waals surface area contributed by atoms with E-state index in [1.165, 1.54) is 35.4 Å². The Labute approximate surface area is 169 Å². The van der Waals surface area contributed by atoms with E-state index < -0.39 is 17.8 Å². The molecule has 0 radical (unpaired) electrons. The molecule has 2 rings (SSSR count). The van der Waals surface area contributed by atoms with Gasteiger partial charge in [-0.25, -0.2) is 9.82 Å². The van der Waals surface area contributed by atoms with Crippen molar-refractivity contribution >= 4 is 18.0 Å². The van der Waals surface area contributed by atoms with Crippen LogP contribution in [0.3, 0.4) is 0 Å². The van der Waals surface area contributed by atoms with E-state index in [-0.39, 0.29) is 5.91 Å². The molecule has 0 spiro atoms. The van der Waals surface area contributed by atoms with E-state index in [1.807, 2.05) is 6.92 Å². The van der Waals surface area contributed by atoms with Crippen molar-refractivity contribution in [2.24, 2.45) is 5.10 Å². The van der Waals surface area contributed by atoms with E-state index in [0.29, 0.717) is 29.2 Å². The molecule has 29 heavy (non-hydrogen) atoms. The molecule has 0 aromatic heterocycles. The molecule has 0 aliphatic heterocycles. The van der Waals surface area contributed by atoms with Crippen LogP contribution in [0.2, 0.25) is 0 Å². The van der Waals surface area contributed by atoms with Crippen LogP contribution in [-0.4, -0.2) is 49.7 Å². The molecule has 0 aliphatic rings. The number of likely N-dealkylation sites (N-methyl/N-ethyl adjacent to an activating group) is 1. The van der Waals surface area contributed by atoms with Crippen LogP contribution < -0.4 is 14.9 Å². The molecule has 2 aromatic carbocycles.